The van der Waals surface area contributed by atoms with Crippen molar-refractivity contribution in [3.05, 3.63) is 55.6 Å². The van der Waals surface area contributed by atoms with Crippen LogP contribution in [0.15, 0.2) is 0 Å². The van der Waals surface area contributed by atoms with Crippen molar-refractivity contribution in [2.75, 3.05) is 17.3 Å². The van der Waals surface area contributed by atoms with Crippen molar-refractivity contribution in [1.82, 2.24) is 0 Å². The van der Waals surface area contributed by atoms with Crippen molar-refractivity contribution in [3.8, 4) is 0 Å². The van der Waals surface area contributed by atoms with Crippen LogP contribution in [0.25, 0.3) is 0 Å². The van der Waals surface area contributed by atoms with Crippen molar-refractivity contribution in [1.29, 1.82) is 0 Å². The summed E-state index contributed by atoms with van der Waals surface area (Å²) in [4.78, 5) is 0. The molecule has 0 saturated carbocycles. The van der Waals surface area contributed by atoms with E-state index in [-0.39, 0.29) is 0 Å². The molecular weight excluding hydrogens is 304 g/mol. The number of hydrogen-bond donors (Lipinski definition) is 2. The normalized spacial score (nSPS) is 11.0. The quantitative estimate of drug-likeness (QED) is 0.644. The smallest absolute Gasteiger partial charge is 0.0849 e. The predicted molar refractivity (Wildman–Crippen MR) is 112 cm³/mol. The summed E-state index contributed by atoms with van der Waals surface area (Å²) in [5, 5.41) is 7.27. The van der Waals surface area contributed by atoms with E-state index in [0.29, 0.717) is 0 Å². The van der Waals surface area contributed by atoms with E-state index in [1.54, 1.807) is 0 Å². The van der Waals surface area contributed by atoms with Crippen molar-refractivity contribution >= 4 is 11.4 Å². The maximum Gasteiger partial charge on any atom is 0.0849 e. The molecule has 2 rings (SSSR count). The standard InChI is InChI=1S/C23H34N2/c1-12-14(3)18(7)22(19(8)15(12)4)24-11-25-23-20(9)16(5)13(2)17(6)21(23)10/h24-25H,11H2,1-10H3. The van der Waals surface area contributed by atoms with Crippen molar-refractivity contribution in [2.45, 2.75) is 69.2 Å². The fourth-order valence-electron chi connectivity index (χ4n) is 3.75. The van der Waals surface area contributed by atoms with Gasteiger partial charge in [0.1, 0.15) is 0 Å². The molecule has 2 heteroatoms. The average molecular weight is 339 g/mol. The highest BCUT2D eigenvalue weighted by atomic mass is 15.1. The maximum absolute atomic E-state index is 3.64. The van der Waals surface area contributed by atoms with Crippen LogP contribution in [0.1, 0.15) is 55.6 Å². The molecule has 2 aromatic carbocycles. The molecule has 25 heavy (non-hydrogen) atoms. The third-order valence-electron chi connectivity index (χ3n) is 6.53. The van der Waals surface area contributed by atoms with Crippen LogP contribution in [0.2, 0.25) is 0 Å². The average Bonchev–Trinajstić information content (AvgIpc) is 2.60. The zero-order valence-electron chi connectivity index (χ0n) is 17.7. The maximum atomic E-state index is 3.64. The van der Waals surface area contributed by atoms with Gasteiger partial charge in [-0.2, -0.15) is 0 Å². The van der Waals surface area contributed by atoms with Gasteiger partial charge in [-0.25, -0.2) is 0 Å². The first-order valence-corrected chi connectivity index (χ1v) is 9.21. The Hall–Kier alpha value is -1.96. The lowest BCUT2D eigenvalue weighted by atomic mass is 9.92. The van der Waals surface area contributed by atoms with Gasteiger partial charge in [0.05, 0.1) is 6.67 Å². The zero-order valence-corrected chi connectivity index (χ0v) is 17.7. The molecule has 0 aliphatic carbocycles. The Bertz CT molecular complexity index is 701. The summed E-state index contributed by atoms with van der Waals surface area (Å²) >= 11 is 0. The molecule has 0 amide bonds. The molecule has 0 spiro atoms. The third kappa shape index (κ3) is 3.27. The van der Waals surface area contributed by atoms with Gasteiger partial charge < -0.3 is 10.6 Å². The van der Waals surface area contributed by atoms with Crippen LogP contribution in [0.3, 0.4) is 0 Å². The van der Waals surface area contributed by atoms with E-state index in [1.807, 2.05) is 0 Å². The van der Waals surface area contributed by atoms with E-state index < -0.39 is 0 Å². The molecule has 0 saturated heterocycles. The van der Waals surface area contributed by atoms with Crippen LogP contribution in [-0.2, 0) is 0 Å². The minimum Gasteiger partial charge on any atom is -0.367 e. The lowest BCUT2D eigenvalue weighted by Crippen LogP contribution is -2.17. The lowest BCUT2D eigenvalue weighted by Gasteiger charge is -2.23. The van der Waals surface area contributed by atoms with Crippen LogP contribution in [0.4, 0.5) is 11.4 Å². The number of benzene rings is 2. The Balaban J connectivity index is 2.29. The van der Waals surface area contributed by atoms with E-state index in [1.165, 1.54) is 67.0 Å². The van der Waals surface area contributed by atoms with Gasteiger partial charge in [-0.1, -0.05) is 0 Å². The molecule has 136 valence electrons. The second-order valence-corrected chi connectivity index (χ2v) is 7.53. The van der Waals surface area contributed by atoms with Crippen LogP contribution in [-0.4, -0.2) is 6.67 Å². The van der Waals surface area contributed by atoms with Crippen molar-refractivity contribution in [2.24, 2.45) is 0 Å². The lowest BCUT2D eigenvalue weighted by molar-refractivity contribution is 1.11. The summed E-state index contributed by atoms with van der Waals surface area (Å²) in [5.74, 6) is 0. The van der Waals surface area contributed by atoms with Crippen LogP contribution in [0, 0.1) is 69.2 Å². The Morgan fingerprint density at radius 1 is 0.360 bits per heavy atom. The Labute approximate surface area is 154 Å². The Morgan fingerprint density at radius 3 is 0.800 bits per heavy atom. The first-order chi connectivity index (χ1) is 11.6. The summed E-state index contributed by atoms with van der Waals surface area (Å²) in [7, 11) is 0. The SMILES string of the molecule is Cc1c(C)c(C)c(NCNc2c(C)c(C)c(C)c(C)c2C)c(C)c1C. The summed E-state index contributed by atoms with van der Waals surface area (Å²) in [6, 6.07) is 0. The first kappa shape index (κ1) is 19.4. The van der Waals surface area contributed by atoms with Gasteiger partial charge in [-0.3, -0.25) is 0 Å². The molecule has 0 fully saturated rings. The summed E-state index contributed by atoms with van der Waals surface area (Å²) in [5.41, 5.74) is 16.3. The number of anilines is 2. The fraction of sp³-hybridized carbons (Fsp3) is 0.478. The second kappa shape index (κ2) is 7.11. The van der Waals surface area contributed by atoms with Crippen molar-refractivity contribution in [3.63, 3.8) is 0 Å². The van der Waals surface area contributed by atoms with Gasteiger partial charge in [-0.15, -0.1) is 0 Å². The molecule has 0 aromatic heterocycles. The van der Waals surface area contributed by atoms with E-state index in [9.17, 15) is 0 Å². The highest BCUT2D eigenvalue weighted by Crippen LogP contribution is 2.32. The topological polar surface area (TPSA) is 24.1 Å². The number of rotatable bonds is 4. The Kier molecular flexibility index (Phi) is 5.51. The predicted octanol–water partition coefficient (Wildman–Crippen LogP) is 6.25. The van der Waals surface area contributed by atoms with E-state index in [0.717, 1.165) is 6.67 Å². The van der Waals surface area contributed by atoms with Gasteiger partial charge >= 0.3 is 0 Å². The molecule has 0 radical (unpaired) electrons. The fourth-order valence-corrected chi connectivity index (χ4v) is 3.75. The monoisotopic (exact) mass is 338 g/mol. The van der Waals surface area contributed by atoms with E-state index >= 15 is 0 Å². The zero-order chi connectivity index (χ0) is 19.0. The number of nitrogens with one attached hydrogen (secondary N) is 2. The Morgan fingerprint density at radius 2 is 0.560 bits per heavy atom. The minimum absolute atomic E-state index is 0.729. The van der Waals surface area contributed by atoms with Gasteiger partial charge in [0.2, 0.25) is 0 Å². The van der Waals surface area contributed by atoms with Crippen LogP contribution >= 0.6 is 0 Å². The van der Waals surface area contributed by atoms with Crippen molar-refractivity contribution < 1.29 is 0 Å². The van der Waals surface area contributed by atoms with Crippen LogP contribution in [0.5, 0.6) is 0 Å². The van der Waals surface area contributed by atoms with E-state index in [2.05, 4.69) is 79.9 Å². The highest BCUT2D eigenvalue weighted by molar-refractivity contribution is 5.67. The number of hydrogen-bond acceptors (Lipinski definition) is 2. The molecule has 0 aliphatic rings. The van der Waals surface area contributed by atoms with Crippen LogP contribution < -0.4 is 10.6 Å². The first-order valence-electron chi connectivity index (χ1n) is 9.21. The summed E-state index contributed by atoms with van der Waals surface area (Å²) in [6.45, 7) is 22.9. The molecule has 0 aliphatic heterocycles. The van der Waals surface area contributed by atoms with Gasteiger partial charge in [0.25, 0.3) is 0 Å². The van der Waals surface area contributed by atoms with Gasteiger partial charge in [0, 0.05) is 11.4 Å². The second-order valence-electron chi connectivity index (χ2n) is 7.53. The highest BCUT2D eigenvalue weighted by Gasteiger charge is 2.14. The molecular formula is C23H34N2. The summed E-state index contributed by atoms with van der Waals surface area (Å²) < 4.78 is 0. The molecule has 0 atom stereocenters. The summed E-state index contributed by atoms with van der Waals surface area (Å²) in [6.07, 6.45) is 0. The van der Waals surface area contributed by atoms with E-state index in [4.69, 9.17) is 0 Å². The third-order valence-corrected chi connectivity index (χ3v) is 6.53. The molecule has 2 aromatic rings. The molecule has 0 unspecified atom stereocenters. The van der Waals surface area contributed by atoms with Gasteiger partial charge in [-0.05, 0) is 125 Å². The molecule has 2 nitrogen and oxygen atoms in total. The molecule has 2 N–H and O–H groups in total. The largest absolute Gasteiger partial charge is 0.367 e. The van der Waals surface area contributed by atoms with Gasteiger partial charge in [0.15, 0.2) is 0 Å². The molecule has 0 heterocycles. The molecule has 0 bridgehead atoms. The minimum atomic E-state index is 0.729.